The number of rotatable bonds is 4. The largest absolute Gasteiger partial charge is 0.454 e. The van der Waals surface area contributed by atoms with Crippen LogP contribution in [0.5, 0.6) is 11.5 Å². The van der Waals surface area contributed by atoms with Crippen LogP contribution in [-0.2, 0) is 10.0 Å². The van der Waals surface area contributed by atoms with E-state index in [0.29, 0.717) is 22.7 Å². The van der Waals surface area contributed by atoms with Gasteiger partial charge in [-0.3, -0.25) is 4.79 Å². The van der Waals surface area contributed by atoms with E-state index in [1.54, 1.807) is 30.3 Å². The maximum Gasteiger partial charge on any atom is 0.255 e. The summed E-state index contributed by atoms with van der Waals surface area (Å²) < 4.78 is 35.6. The highest BCUT2D eigenvalue weighted by molar-refractivity contribution is 7.89. The predicted molar refractivity (Wildman–Crippen MR) is 87.8 cm³/mol. The van der Waals surface area contributed by atoms with Crippen molar-refractivity contribution in [1.29, 1.82) is 0 Å². The van der Waals surface area contributed by atoms with E-state index in [-0.39, 0.29) is 17.6 Å². The zero-order valence-corrected chi connectivity index (χ0v) is 14.0. The topological polar surface area (TPSA) is 84.9 Å². The van der Waals surface area contributed by atoms with E-state index in [9.17, 15) is 13.2 Å². The minimum absolute atomic E-state index is 0.141. The minimum atomic E-state index is -3.49. The van der Waals surface area contributed by atoms with Gasteiger partial charge in [0.05, 0.1) is 4.90 Å². The highest BCUT2D eigenvalue weighted by atomic mass is 32.2. The van der Waals surface area contributed by atoms with Gasteiger partial charge in [0.2, 0.25) is 16.8 Å². The van der Waals surface area contributed by atoms with Crippen molar-refractivity contribution in [3.8, 4) is 11.5 Å². The van der Waals surface area contributed by atoms with E-state index in [2.05, 4.69) is 5.32 Å². The van der Waals surface area contributed by atoms with Crippen molar-refractivity contribution in [2.75, 3.05) is 26.2 Å². The summed E-state index contributed by atoms with van der Waals surface area (Å²) in [6.45, 7) is 0.141. The fourth-order valence-electron chi connectivity index (χ4n) is 2.16. The molecule has 1 aliphatic rings. The van der Waals surface area contributed by atoms with Crippen LogP contribution in [0.3, 0.4) is 0 Å². The highest BCUT2D eigenvalue weighted by Gasteiger charge is 2.18. The lowest BCUT2D eigenvalue weighted by molar-refractivity contribution is 0.102. The maximum atomic E-state index is 12.3. The summed E-state index contributed by atoms with van der Waals surface area (Å²) >= 11 is 0. The van der Waals surface area contributed by atoms with Crippen LogP contribution in [-0.4, -0.2) is 39.5 Å². The van der Waals surface area contributed by atoms with E-state index in [0.717, 1.165) is 4.31 Å². The van der Waals surface area contributed by atoms with E-state index in [4.69, 9.17) is 9.47 Å². The van der Waals surface area contributed by atoms with Gasteiger partial charge in [-0.2, -0.15) is 0 Å². The quantitative estimate of drug-likeness (QED) is 0.912. The molecule has 3 rings (SSSR count). The number of ether oxygens (including phenoxy) is 2. The van der Waals surface area contributed by atoms with Gasteiger partial charge in [0.25, 0.3) is 5.91 Å². The number of hydrogen-bond donors (Lipinski definition) is 1. The average molecular weight is 348 g/mol. The summed E-state index contributed by atoms with van der Waals surface area (Å²) in [7, 11) is -0.565. The number of amides is 1. The Balaban J connectivity index is 1.75. The average Bonchev–Trinajstić information content (AvgIpc) is 3.02. The van der Waals surface area contributed by atoms with Crippen molar-refractivity contribution in [3.63, 3.8) is 0 Å². The molecule has 0 unspecified atom stereocenters. The van der Waals surface area contributed by atoms with Crippen LogP contribution in [0.2, 0.25) is 0 Å². The van der Waals surface area contributed by atoms with Crippen LogP contribution in [0.15, 0.2) is 47.4 Å². The summed E-state index contributed by atoms with van der Waals surface area (Å²) in [4.78, 5) is 12.4. The number of anilines is 1. The highest BCUT2D eigenvalue weighted by Crippen LogP contribution is 2.32. The summed E-state index contributed by atoms with van der Waals surface area (Å²) in [5.74, 6) is 0.802. The van der Waals surface area contributed by atoms with Crippen LogP contribution in [0.1, 0.15) is 10.4 Å². The van der Waals surface area contributed by atoms with Crippen LogP contribution in [0.4, 0.5) is 5.69 Å². The van der Waals surface area contributed by atoms with Crippen molar-refractivity contribution in [2.24, 2.45) is 0 Å². The number of nitrogens with one attached hydrogen (secondary N) is 1. The Morgan fingerprint density at radius 1 is 1.04 bits per heavy atom. The van der Waals surface area contributed by atoms with Crippen LogP contribution in [0, 0.1) is 0 Å². The van der Waals surface area contributed by atoms with Gasteiger partial charge in [-0.15, -0.1) is 0 Å². The molecule has 1 amide bonds. The molecule has 1 N–H and O–H groups in total. The number of sulfonamides is 1. The van der Waals surface area contributed by atoms with Gasteiger partial charge in [0.1, 0.15) is 0 Å². The Morgan fingerprint density at radius 2 is 1.71 bits per heavy atom. The molecule has 24 heavy (non-hydrogen) atoms. The fraction of sp³-hybridized carbons (Fsp3) is 0.188. The smallest absolute Gasteiger partial charge is 0.255 e. The molecule has 2 aromatic rings. The first-order valence-electron chi connectivity index (χ1n) is 7.11. The summed E-state index contributed by atoms with van der Waals surface area (Å²) in [6.07, 6.45) is 0. The second-order valence-corrected chi connectivity index (χ2v) is 7.49. The Hall–Kier alpha value is -2.58. The normalized spacial score (nSPS) is 13.1. The van der Waals surface area contributed by atoms with Crippen LogP contribution >= 0.6 is 0 Å². The molecule has 1 heterocycles. The second-order valence-electron chi connectivity index (χ2n) is 5.33. The van der Waals surface area contributed by atoms with Crippen molar-refractivity contribution in [1.82, 2.24) is 4.31 Å². The summed E-state index contributed by atoms with van der Waals surface area (Å²) in [5.41, 5.74) is 0.916. The van der Waals surface area contributed by atoms with Crippen LogP contribution in [0.25, 0.3) is 0 Å². The first-order valence-corrected chi connectivity index (χ1v) is 8.55. The zero-order valence-electron chi connectivity index (χ0n) is 13.1. The Labute approximate surface area is 139 Å². The van der Waals surface area contributed by atoms with Crippen molar-refractivity contribution in [2.45, 2.75) is 4.90 Å². The van der Waals surface area contributed by atoms with Gasteiger partial charge in [-0.05, 0) is 42.5 Å². The summed E-state index contributed by atoms with van der Waals surface area (Å²) in [5, 5.41) is 2.71. The lowest BCUT2D eigenvalue weighted by Gasteiger charge is -2.12. The SMILES string of the molecule is CN(C)S(=O)(=O)c1ccc(NC(=O)c2ccc3c(c2)OCO3)cc1. The zero-order chi connectivity index (χ0) is 17.3. The van der Waals surface area contributed by atoms with Gasteiger partial charge in [-0.25, -0.2) is 12.7 Å². The third-order valence-corrected chi connectivity index (χ3v) is 5.35. The number of hydrogen-bond acceptors (Lipinski definition) is 5. The fourth-order valence-corrected chi connectivity index (χ4v) is 3.06. The molecule has 0 radical (unpaired) electrons. The molecule has 0 saturated heterocycles. The molecule has 0 atom stereocenters. The molecule has 0 saturated carbocycles. The molecular weight excluding hydrogens is 332 g/mol. The minimum Gasteiger partial charge on any atom is -0.454 e. The van der Waals surface area contributed by atoms with Crippen LogP contribution < -0.4 is 14.8 Å². The Bertz CT molecular complexity index is 876. The van der Waals surface area contributed by atoms with Gasteiger partial charge in [-0.1, -0.05) is 0 Å². The molecule has 0 bridgehead atoms. The molecule has 0 spiro atoms. The number of fused-ring (bicyclic) bond motifs is 1. The monoisotopic (exact) mass is 348 g/mol. The Kier molecular flexibility index (Phi) is 4.16. The molecule has 1 aliphatic heterocycles. The van der Waals surface area contributed by atoms with Gasteiger partial charge < -0.3 is 14.8 Å². The van der Waals surface area contributed by atoms with Crippen molar-refractivity contribution >= 4 is 21.6 Å². The third kappa shape index (κ3) is 3.06. The molecule has 8 heteroatoms. The van der Waals surface area contributed by atoms with Crippen molar-refractivity contribution < 1.29 is 22.7 Å². The molecular formula is C16H16N2O5S. The molecule has 0 aromatic heterocycles. The van der Waals surface area contributed by atoms with Gasteiger partial charge in [0, 0.05) is 25.3 Å². The second kappa shape index (κ2) is 6.14. The number of nitrogens with zero attached hydrogens (tertiary/aromatic N) is 1. The molecule has 0 aliphatic carbocycles. The van der Waals surface area contributed by atoms with Crippen molar-refractivity contribution in [3.05, 3.63) is 48.0 Å². The molecule has 0 fully saturated rings. The maximum absolute atomic E-state index is 12.3. The lowest BCUT2D eigenvalue weighted by atomic mass is 10.2. The molecule has 126 valence electrons. The van der Waals surface area contributed by atoms with E-state index in [1.165, 1.54) is 26.2 Å². The summed E-state index contributed by atoms with van der Waals surface area (Å²) in [6, 6.07) is 10.9. The number of carbonyl (C=O) groups is 1. The van der Waals surface area contributed by atoms with E-state index < -0.39 is 10.0 Å². The Morgan fingerprint density at radius 3 is 2.38 bits per heavy atom. The number of carbonyl (C=O) groups excluding carboxylic acids is 1. The number of benzene rings is 2. The lowest BCUT2D eigenvalue weighted by Crippen LogP contribution is -2.22. The van der Waals surface area contributed by atoms with E-state index >= 15 is 0 Å². The first-order chi connectivity index (χ1) is 11.4. The predicted octanol–water partition coefficient (Wildman–Crippen LogP) is 1.92. The van der Waals surface area contributed by atoms with E-state index in [1.807, 2.05) is 0 Å². The van der Waals surface area contributed by atoms with Gasteiger partial charge in [0.15, 0.2) is 11.5 Å². The molecule has 2 aromatic carbocycles. The first kappa shape index (κ1) is 16.3. The van der Waals surface area contributed by atoms with Gasteiger partial charge >= 0.3 is 0 Å². The standard InChI is InChI=1S/C16H16N2O5S/c1-18(2)24(20,21)13-6-4-12(5-7-13)17-16(19)11-3-8-14-15(9-11)23-10-22-14/h3-9H,10H2,1-2H3,(H,17,19). The molecule has 7 nitrogen and oxygen atoms in total. The third-order valence-electron chi connectivity index (χ3n) is 3.53.